The van der Waals surface area contributed by atoms with Gasteiger partial charge in [-0.1, -0.05) is 43.6 Å². The molecule has 0 aliphatic carbocycles. The van der Waals surface area contributed by atoms with Crippen molar-refractivity contribution in [2.75, 3.05) is 19.6 Å². The van der Waals surface area contributed by atoms with E-state index in [1.165, 1.54) is 16.4 Å². The Labute approximate surface area is 141 Å². The largest absolute Gasteiger partial charge is 0.354 e. The standard InChI is InChI=1S/C15H23BrN2O3S/c1-5-18(10-14(19)17-11-15(2,3)4)22(20,21)13-8-6-12(16)7-9-13/h6-9H,5,10-11H2,1-4H3,(H,17,19). The third kappa shape index (κ3) is 5.70. The third-order valence-corrected chi connectivity index (χ3v) is 5.40. The minimum Gasteiger partial charge on any atom is -0.354 e. The van der Waals surface area contributed by atoms with Crippen molar-refractivity contribution < 1.29 is 13.2 Å². The molecule has 1 amide bonds. The molecule has 5 nitrogen and oxygen atoms in total. The number of likely N-dealkylation sites (N-methyl/N-ethyl adjacent to an activating group) is 1. The van der Waals surface area contributed by atoms with Crippen LogP contribution in [0.5, 0.6) is 0 Å². The predicted molar refractivity (Wildman–Crippen MR) is 91.0 cm³/mol. The Hall–Kier alpha value is -0.920. The van der Waals surface area contributed by atoms with Crippen LogP contribution in [0.3, 0.4) is 0 Å². The molecular weight excluding hydrogens is 368 g/mol. The number of halogens is 1. The Morgan fingerprint density at radius 1 is 1.23 bits per heavy atom. The second kappa shape index (κ2) is 7.57. The fraction of sp³-hybridized carbons (Fsp3) is 0.533. The molecule has 0 spiro atoms. The van der Waals surface area contributed by atoms with Crippen LogP contribution in [0.4, 0.5) is 0 Å². The molecule has 1 N–H and O–H groups in total. The van der Waals surface area contributed by atoms with Gasteiger partial charge in [-0.15, -0.1) is 0 Å². The Kier molecular flexibility index (Phi) is 6.58. The van der Waals surface area contributed by atoms with Gasteiger partial charge in [0, 0.05) is 17.6 Å². The number of nitrogens with zero attached hydrogens (tertiary/aromatic N) is 1. The van der Waals surface area contributed by atoms with Crippen molar-refractivity contribution in [3.63, 3.8) is 0 Å². The van der Waals surface area contributed by atoms with Gasteiger partial charge in [0.15, 0.2) is 0 Å². The maximum Gasteiger partial charge on any atom is 0.243 e. The van der Waals surface area contributed by atoms with Crippen LogP contribution < -0.4 is 5.32 Å². The molecule has 0 radical (unpaired) electrons. The second-order valence-electron chi connectivity index (χ2n) is 6.22. The summed E-state index contributed by atoms with van der Waals surface area (Å²) in [5, 5.41) is 2.77. The SMILES string of the molecule is CCN(CC(=O)NCC(C)(C)C)S(=O)(=O)c1ccc(Br)cc1. The fourth-order valence-corrected chi connectivity index (χ4v) is 3.37. The van der Waals surface area contributed by atoms with Gasteiger partial charge >= 0.3 is 0 Å². The van der Waals surface area contributed by atoms with Gasteiger partial charge in [0.1, 0.15) is 0 Å². The number of hydrogen-bond acceptors (Lipinski definition) is 3. The van der Waals surface area contributed by atoms with Crippen molar-refractivity contribution >= 4 is 31.9 Å². The van der Waals surface area contributed by atoms with Crippen molar-refractivity contribution in [2.24, 2.45) is 5.41 Å². The summed E-state index contributed by atoms with van der Waals surface area (Å²) in [6.07, 6.45) is 0. The molecule has 0 atom stereocenters. The van der Waals surface area contributed by atoms with E-state index in [0.717, 1.165) is 4.47 Å². The summed E-state index contributed by atoms with van der Waals surface area (Å²) in [6.45, 7) is 8.29. The lowest BCUT2D eigenvalue weighted by Crippen LogP contribution is -2.42. The molecule has 124 valence electrons. The van der Waals surface area contributed by atoms with Gasteiger partial charge in [-0.25, -0.2) is 8.42 Å². The molecule has 0 aromatic heterocycles. The highest BCUT2D eigenvalue weighted by atomic mass is 79.9. The molecule has 0 unspecified atom stereocenters. The maximum absolute atomic E-state index is 12.5. The van der Waals surface area contributed by atoms with E-state index >= 15 is 0 Å². The Balaban J connectivity index is 2.82. The van der Waals surface area contributed by atoms with Crippen molar-refractivity contribution in [3.05, 3.63) is 28.7 Å². The number of amides is 1. The zero-order valence-electron chi connectivity index (χ0n) is 13.4. The fourth-order valence-electron chi connectivity index (χ4n) is 1.70. The highest BCUT2D eigenvalue weighted by Crippen LogP contribution is 2.18. The van der Waals surface area contributed by atoms with E-state index in [0.29, 0.717) is 6.54 Å². The first-order chi connectivity index (χ1) is 10.1. The number of carbonyl (C=O) groups excluding carboxylic acids is 1. The van der Waals surface area contributed by atoms with Gasteiger partial charge in [-0.3, -0.25) is 4.79 Å². The highest BCUT2D eigenvalue weighted by molar-refractivity contribution is 9.10. The summed E-state index contributed by atoms with van der Waals surface area (Å²) in [5.41, 5.74) is -0.0444. The molecule has 22 heavy (non-hydrogen) atoms. The number of carbonyl (C=O) groups is 1. The molecular formula is C15H23BrN2O3S. The van der Waals surface area contributed by atoms with Crippen LogP contribution in [0, 0.1) is 5.41 Å². The molecule has 0 aliphatic rings. The maximum atomic E-state index is 12.5. The number of rotatable bonds is 6. The lowest BCUT2D eigenvalue weighted by Gasteiger charge is -2.22. The number of benzene rings is 1. The average molecular weight is 391 g/mol. The van der Waals surface area contributed by atoms with Crippen LogP contribution in [-0.4, -0.2) is 38.3 Å². The molecule has 0 saturated carbocycles. The van der Waals surface area contributed by atoms with Gasteiger partial charge in [0.2, 0.25) is 15.9 Å². The molecule has 0 aliphatic heterocycles. The molecule has 0 fully saturated rings. The smallest absolute Gasteiger partial charge is 0.243 e. The Morgan fingerprint density at radius 3 is 2.23 bits per heavy atom. The molecule has 1 aromatic carbocycles. The third-order valence-electron chi connectivity index (χ3n) is 2.94. The average Bonchev–Trinajstić information content (AvgIpc) is 2.42. The number of sulfonamides is 1. The van der Waals surface area contributed by atoms with Gasteiger partial charge in [0.05, 0.1) is 11.4 Å². The quantitative estimate of drug-likeness (QED) is 0.811. The van der Waals surface area contributed by atoms with Crippen LogP contribution in [0.1, 0.15) is 27.7 Å². The summed E-state index contributed by atoms with van der Waals surface area (Å²) < 4.78 is 27.1. The Bertz CT molecular complexity index is 607. The molecule has 0 bridgehead atoms. The van der Waals surface area contributed by atoms with Crippen molar-refractivity contribution in [3.8, 4) is 0 Å². The normalized spacial score (nSPS) is 12.5. The van der Waals surface area contributed by atoms with Gasteiger partial charge < -0.3 is 5.32 Å². The van der Waals surface area contributed by atoms with E-state index in [-0.39, 0.29) is 29.3 Å². The summed E-state index contributed by atoms with van der Waals surface area (Å²) in [4.78, 5) is 12.1. The zero-order chi connectivity index (χ0) is 17.0. The zero-order valence-corrected chi connectivity index (χ0v) is 15.8. The molecule has 0 heterocycles. The second-order valence-corrected chi connectivity index (χ2v) is 9.08. The van der Waals surface area contributed by atoms with Crippen LogP contribution >= 0.6 is 15.9 Å². The molecule has 1 aromatic rings. The van der Waals surface area contributed by atoms with E-state index in [1.54, 1.807) is 19.1 Å². The van der Waals surface area contributed by atoms with Crippen LogP contribution in [0.15, 0.2) is 33.6 Å². The van der Waals surface area contributed by atoms with Crippen molar-refractivity contribution in [1.29, 1.82) is 0 Å². The first-order valence-corrected chi connectivity index (χ1v) is 9.32. The lowest BCUT2D eigenvalue weighted by atomic mass is 9.97. The van der Waals surface area contributed by atoms with Crippen LogP contribution in [0.2, 0.25) is 0 Å². The topological polar surface area (TPSA) is 66.5 Å². The van der Waals surface area contributed by atoms with E-state index in [4.69, 9.17) is 0 Å². The highest BCUT2D eigenvalue weighted by Gasteiger charge is 2.25. The van der Waals surface area contributed by atoms with E-state index in [2.05, 4.69) is 21.2 Å². The molecule has 7 heteroatoms. The summed E-state index contributed by atoms with van der Waals surface area (Å²) in [5.74, 6) is -0.294. The van der Waals surface area contributed by atoms with Crippen molar-refractivity contribution in [1.82, 2.24) is 9.62 Å². The number of nitrogens with one attached hydrogen (secondary N) is 1. The Morgan fingerprint density at radius 2 is 1.77 bits per heavy atom. The van der Waals surface area contributed by atoms with Gasteiger partial charge in [-0.2, -0.15) is 4.31 Å². The lowest BCUT2D eigenvalue weighted by molar-refractivity contribution is -0.121. The molecule has 0 saturated heterocycles. The van der Waals surface area contributed by atoms with E-state index < -0.39 is 10.0 Å². The first-order valence-electron chi connectivity index (χ1n) is 7.08. The van der Waals surface area contributed by atoms with Crippen LogP contribution in [0.25, 0.3) is 0 Å². The van der Waals surface area contributed by atoms with Gasteiger partial charge in [-0.05, 0) is 29.7 Å². The predicted octanol–water partition coefficient (Wildman–Crippen LogP) is 2.62. The van der Waals surface area contributed by atoms with Gasteiger partial charge in [0.25, 0.3) is 0 Å². The first kappa shape index (κ1) is 19.1. The minimum atomic E-state index is -3.67. The van der Waals surface area contributed by atoms with E-state index in [9.17, 15) is 13.2 Å². The molecule has 1 rings (SSSR count). The number of hydrogen-bond donors (Lipinski definition) is 1. The van der Waals surface area contributed by atoms with Crippen LogP contribution in [-0.2, 0) is 14.8 Å². The van der Waals surface area contributed by atoms with E-state index in [1.807, 2.05) is 20.8 Å². The summed E-state index contributed by atoms with van der Waals surface area (Å²) in [7, 11) is -3.67. The summed E-state index contributed by atoms with van der Waals surface area (Å²) in [6, 6.07) is 6.38. The van der Waals surface area contributed by atoms with Crippen molar-refractivity contribution in [2.45, 2.75) is 32.6 Å². The minimum absolute atomic E-state index is 0.0444. The summed E-state index contributed by atoms with van der Waals surface area (Å²) >= 11 is 3.27. The monoisotopic (exact) mass is 390 g/mol.